The molecule has 0 radical (unpaired) electrons. The smallest absolute Gasteiger partial charge is 0.315 e. The molecule has 0 saturated carbocycles. The molecule has 1 saturated heterocycles. The summed E-state index contributed by atoms with van der Waals surface area (Å²) in [5.41, 5.74) is 2.36. The number of urea groups is 1. The van der Waals surface area contributed by atoms with Crippen LogP contribution in [0.1, 0.15) is 36.4 Å². The molecule has 1 fully saturated rings. The molecule has 1 aromatic carbocycles. The van der Waals surface area contributed by atoms with Gasteiger partial charge in [-0.2, -0.15) is 0 Å². The summed E-state index contributed by atoms with van der Waals surface area (Å²) in [6.07, 6.45) is 3.02. The molecule has 1 aliphatic heterocycles. The first-order valence-electron chi connectivity index (χ1n) is 7.62. The van der Waals surface area contributed by atoms with E-state index >= 15 is 0 Å². The van der Waals surface area contributed by atoms with Crippen LogP contribution in [0.5, 0.6) is 0 Å². The molecule has 22 heavy (non-hydrogen) atoms. The van der Waals surface area contributed by atoms with Crippen LogP contribution in [0.15, 0.2) is 18.2 Å². The van der Waals surface area contributed by atoms with E-state index in [1.165, 1.54) is 5.56 Å². The zero-order valence-electron chi connectivity index (χ0n) is 12.6. The van der Waals surface area contributed by atoms with Crippen molar-refractivity contribution in [3.8, 4) is 0 Å². The molecule has 5 nitrogen and oxygen atoms in total. The normalized spacial score (nSPS) is 24.1. The van der Waals surface area contributed by atoms with Crippen LogP contribution in [-0.2, 0) is 11.2 Å². The van der Waals surface area contributed by atoms with E-state index in [-0.39, 0.29) is 24.0 Å². The molecule has 3 rings (SSSR count). The Balaban J connectivity index is 1.56. The summed E-state index contributed by atoms with van der Waals surface area (Å²) in [4.78, 5) is 25.3. The van der Waals surface area contributed by atoms with Gasteiger partial charge in [0.05, 0.1) is 6.04 Å². The predicted octanol–water partition coefficient (Wildman–Crippen LogP) is 2.25. The summed E-state index contributed by atoms with van der Waals surface area (Å²) >= 11 is 6.00. The van der Waals surface area contributed by atoms with E-state index in [0.717, 1.165) is 23.4 Å². The molecule has 2 atom stereocenters. The van der Waals surface area contributed by atoms with Crippen molar-refractivity contribution in [2.45, 2.75) is 37.8 Å². The molecule has 1 aromatic rings. The topological polar surface area (TPSA) is 61.4 Å². The van der Waals surface area contributed by atoms with Crippen LogP contribution < -0.4 is 10.6 Å². The average Bonchev–Trinajstić information content (AvgIpc) is 2.85. The average molecular weight is 322 g/mol. The van der Waals surface area contributed by atoms with Gasteiger partial charge in [0.25, 0.3) is 0 Å². The third-order valence-corrected chi connectivity index (χ3v) is 4.69. The van der Waals surface area contributed by atoms with Crippen molar-refractivity contribution >= 4 is 23.5 Å². The fraction of sp³-hybridized carbons (Fsp3) is 0.500. The Morgan fingerprint density at radius 3 is 2.86 bits per heavy atom. The van der Waals surface area contributed by atoms with Crippen LogP contribution >= 0.6 is 11.6 Å². The minimum Gasteiger partial charge on any atom is -0.344 e. The van der Waals surface area contributed by atoms with Gasteiger partial charge in [0.2, 0.25) is 5.91 Å². The van der Waals surface area contributed by atoms with E-state index in [2.05, 4.69) is 10.6 Å². The number of halogens is 1. The van der Waals surface area contributed by atoms with Crippen LogP contribution in [0.2, 0.25) is 5.02 Å². The summed E-state index contributed by atoms with van der Waals surface area (Å²) in [5, 5.41) is 6.74. The second-order valence-corrected chi connectivity index (χ2v) is 6.50. The molecular weight excluding hydrogens is 302 g/mol. The second-order valence-electron chi connectivity index (χ2n) is 6.06. The summed E-state index contributed by atoms with van der Waals surface area (Å²) in [5.74, 6) is 0.139. The quantitative estimate of drug-likeness (QED) is 0.877. The van der Waals surface area contributed by atoms with Crippen molar-refractivity contribution in [1.82, 2.24) is 15.5 Å². The lowest BCUT2D eigenvalue weighted by Crippen LogP contribution is -2.51. The Bertz CT molecular complexity index is 605. The number of rotatable bonds is 2. The van der Waals surface area contributed by atoms with E-state index in [1.54, 1.807) is 11.9 Å². The van der Waals surface area contributed by atoms with Gasteiger partial charge in [-0.05, 0) is 42.5 Å². The first kappa shape index (κ1) is 15.2. The number of carbonyl (C=O) groups excluding carboxylic acids is 2. The van der Waals surface area contributed by atoms with Crippen LogP contribution in [0.4, 0.5) is 4.79 Å². The minimum atomic E-state index is -0.166. The third kappa shape index (κ3) is 3.19. The van der Waals surface area contributed by atoms with Gasteiger partial charge in [-0.1, -0.05) is 17.7 Å². The van der Waals surface area contributed by atoms with Crippen LogP contribution in [0.25, 0.3) is 0 Å². The van der Waals surface area contributed by atoms with Crippen molar-refractivity contribution < 1.29 is 9.59 Å². The number of nitrogens with zero attached hydrogens (tertiary/aromatic N) is 1. The third-order valence-electron chi connectivity index (χ3n) is 4.45. The number of likely N-dealkylation sites (tertiary alicyclic amines) is 1. The largest absolute Gasteiger partial charge is 0.344 e. The van der Waals surface area contributed by atoms with Crippen molar-refractivity contribution in [2.75, 3.05) is 13.6 Å². The number of benzene rings is 1. The number of nitrogens with one attached hydrogen (secondary N) is 2. The molecule has 0 spiro atoms. The Kier molecular flexibility index (Phi) is 4.25. The fourth-order valence-corrected chi connectivity index (χ4v) is 3.45. The van der Waals surface area contributed by atoms with Crippen LogP contribution in [0, 0.1) is 0 Å². The maximum absolute atomic E-state index is 12.2. The maximum Gasteiger partial charge on any atom is 0.315 e. The molecule has 118 valence electrons. The molecule has 1 heterocycles. The highest BCUT2D eigenvalue weighted by molar-refractivity contribution is 6.30. The SMILES string of the molecule is CN1C[C@@H](NC(=O)N[C@@H]2CCc3cc(Cl)ccc32)CCC1=O. The molecule has 3 amide bonds. The number of carbonyl (C=O) groups is 2. The summed E-state index contributed by atoms with van der Waals surface area (Å²) in [6, 6.07) is 5.71. The molecule has 6 heteroatoms. The van der Waals surface area contributed by atoms with Gasteiger partial charge in [0, 0.05) is 31.1 Å². The highest BCUT2D eigenvalue weighted by Crippen LogP contribution is 2.32. The van der Waals surface area contributed by atoms with Crippen LogP contribution in [-0.4, -0.2) is 36.5 Å². The first-order valence-corrected chi connectivity index (χ1v) is 8.00. The number of hydrogen-bond acceptors (Lipinski definition) is 2. The van der Waals surface area contributed by atoms with Gasteiger partial charge in [-0.3, -0.25) is 4.79 Å². The lowest BCUT2D eigenvalue weighted by atomic mass is 10.1. The van der Waals surface area contributed by atoms with E-state index < -0.39 is 0 Å². The highest BCUT2D eigenvalue weighted by Gasteiger charge is 2.27. The minimum absolute atomic E-state index is 0.0220. The van der Waals surface area contributed by atoms with Gasteiger partial charge in [0.15, 0.2) is 0 Å². The van der Waals surface area contributed by atoms with Crippen LogP contribution in [0.3, 0.4) is 0 Å². The summed E-state index contributed by atoms with van der Waals surface area (Å²) < 4.78 is 0. The van der Waals surface area contributed by atoms with Gasteiger partial charge < -0.3 is 15.5 Å². The van der Waals surface area contributed by atoms with Gasteiger partial charge in [-0.15, -0.1) is 0 Å². The van der Waals surface area contributed by atoms with E-state index in [1.807, 2.05) is 18.2 Å². The number of amides is 3. The Morgan fingerprint density at radius 2 is 2.09 bits per heavy atom. The predicted molar refractivity (Wildman–Crippen MR) is 84.8 cm³/mol. The van der Waals surface area contributed by atoms with Gasteiger partial charge >= 0.3 is 6.03 Å². The van der Waals surface area contributed by atoms with Crippen molar-refractivity contribution in [3.63, 3.8) is 0 Å². The number of likely N-dealkylation sites (N-methyl/N-ethyl adjacent to an activating group) is 1. The Morgan fingerprint density at radius 1 is 1.27 bits per heavy atom. The fourth-order valence-electron chi connectivity index (χ4n) is 3.25. The van der Waals surface area contributed by atoms with Crippen molar-refractivity contribution in [3.05, 3.63) is 34.3 Å². The highest BCUT2D eigenvalue weighted by atomic mass is 35.5. The number of aryl methyl sites for hydroxylation is 1. The number of fused-ring (bicyclic) bond motifs is 1. The van der Waals surface area contributed by atoms with Crippen molar-refractivity contribution in [1.29, 1.82) is 0 Å². The van der Waals surface area contributed by atoms with E-state index in [9.17, 15) is 9.59 Å². The van der Waals surface area contributed by atoms with Gasteiger partial charge in [0.1, 0.15) is 0 Å². The standard InChI is InChI=1S/C16H20ClN3O2/c1-20-9-12(4-7-15(20)21)18-16(22)19-14-6-2-10-8-11(17)3-5-13(10)14/h3,5,8,12,14H,2,4,6-7,9H2,1H3,(H2,18,19,22)/t12-,14+/m0/s1. The zero-order valence-corrected chi connectivity index (χ0v) is 13.3. The maximum atomic E-state index is 12.2. The van der Waals surface area contributed by atoms with E-state index in [4.69, 9.17) is 11.6 Å². The first-order chi connectivity index (χ1) is 10.5. The molecule has 2 aliphatic rings. The lowest BCUT2D eigenvalue weighted by molar-refractivity contribution is -0.132. The molecule has 0 bridgehead atoms. The molecule has 2 N–H and O–H groups in total. The Labute approximate surface area is 135 Å². The second kappa shape index (κ2) is 6.16. The zero-order chi connectivity index (χ0) is 15.7. The molecule has 0 aromatic heterocycles. The monoisotopic (exact) mass is 321 g/mol. The van der Waals surface area contributed by atoms with E-state index in [0.29, 0.717) is 19.4 Å². The molecule has 1 aliphatic carbocycles. The Hall–Kier alpha value is -1.75. The summed E-state index contributed by atoms with van der Waals surface area (Å²) in [6.45, 7) is 0.573. The van der Waals surface area contributed by atoms with Gasteiger partial charge in [-0.25, -0.2) is 4.79 Å². The molecule has 0 unspecified atom stereocenters. The lowest BCUT2D eigenvalue weighted by Gasteiger charge is -2.30. The molecular formula is C16H20ClN3O2. The number of hydrogen-bond donors (Lipinski definition) is 2. The summed E-state index contributed by atoms with van der Waals surface area (Å²) in [7, 11) is 1.77. The number of piperidine rings is 1. The van der Waals surface area contributed by atoms with Crippen molar-refractivity contribution in [2.24, 2.45) is 0 Å².